The Balaban J connectivity index is 1.35. The summed E-state index contributed by atoms with van der Waals surface area (Å²) in [4.78, 5) is 7.44. The van der Waals surface area contributed by atoms with Gasteiger partial charge in [0.2, 0.25) is 0 Å². The molecule has 2 fully saturated rings. The highest BCUT2D eigenvalue weighted by Gasteiger charge is 2.15. The molecule has 5 heteroatoms. The van der Waals surface area contributed by atoms with Crippen molar-refractivity contribution in [3.63, 3.8) is 0 Å². The average molecular weight is 333 g/mol. The van der Waals surface area contributed by atoms with Crippen molar-refractivity contribution in [3.8, 4) is 5.75 Å². The number of likely N-dealkylation sites (N-methyl/N-ethyl adjacent to an activating group) is 1. The Hall–Kier alpha value is -1.14. The van der Waals surface area contributed by atoms with Gasteiger partial charge in [-0.1, -0.05) is 19.1 Å². The van der Waals surface area contributed by atoms with Crippen molar-refractivity contribution >= 4 is 0 Å². The third kappa shape index (κ3) is 5.45. The van der Waals surface area contributed by atoms with Crippen LogP contribution in [0.5, 0.6) is 5.75 Å². The number of hydrogen-bond acceptors (Lipinski definition) is 5. The molecule has 0 radical (unpaired) electrons. The highest BCUT2D eigenvalue weighted by atomic mass is 16.5. The molecule has 1 aromatic rings. The number of rotatable bonds is 7. The summed E-state index contributed by atoms with van der Waals surface area (Å²) in [5.41, 5.74) is 1.35. The fourth-order valence-corrected chi connectivity index (χ4v) is 3.33. The fourth-order valence-electron chi connectivity index (χ4n) is 3.33. The molecule has 0 bridgehead atoms. The van der Waals surface area contributed by atoms with E-state index in [1.165, 1.54) is 25.2 Å². The summed E-state index contributed by atoms with van der Waals surface area (Å²) < 4.78 is 11.3. The van der Waals surface area contributed by atoms with Crippen LogP contribution in [-0.4, -0.2) is 86.9 Å². The zero-order valence-electron chi connectivity index (χ0n) is 15.0. The molecule has 0 aromatic heterocycles. The van der Waals surface area contributed by atoms with Crippen LogP contribution in [0.15, 0.2) is 24.3 Å². The molecule has 0 spiro atoms. The minimum absolute atomic E-state index is 0.773. The molecule has 2 saturated heterocycles. The van der Waals surface area contributed by atoms with E-state index in [0.717, 1.165) is 64.8 Å². The Morgan fingerprint density at radius 2 is 1.54 bits per heavy atom. The summed E-state index contributed by atoms with van der Waals surface area (Å²) >= 11 is 0. The lowest BCUT2D eigenvalue weighted by Crippen LogP contribution is -2.47. The van der Waals surface area contributed by atoms with E-state index in [1.807, 2.05) is 0 Å². The second kappa shape index (κ2) is 9.37. The first-order valence-corrected chi connectivity index (χ1v) is 9.30. The molecule has 2 aliphatic heterocycles. The average Bonchev–Trinajstić information content (AvgIpc) is 2.65. The van der Waals surface area contributed by atoms with Crippen LogP contribution in [0.3, 0.4) is 0 Å². The monoisotopic (exact) mass is 333 g/mol. The maximum absolute atomic E-state index is 5.92. The fraction of sp³-hybridized carbons (Fsp3) is 0.684. The van der Waals surface area contributed by atoms with E-state index in [-0.39, 0.29) is 0 Å². The van der Waals surface area contributed by atoms with Gasteiger partial charge in [0.15, 0.2) is 0 Å². The van der Waals surface area contributed by atoms with Gasteiger partial charge >= 0.3 is 0 Å². The standard InChI is InChI=1S/C19H31N3O2/c1-2-20-7-9-21(10-8-20)13-16-24-19-5-3-18(4-6-19)17-22-11-14-23-15-12-22/h3-6H,2,7-17H2,1H3. The Labute approximate surface area is 146 Å². The molecule has 134 valence electrons. The van der Waals surface area contributed by atoms with Crippen LogP contribution in [0.25, 0.3) is 0 Å². The molecule has 2 aliphatic rings. The highest BCUT2D eigenvalue weighted by molar-refractivity contribution is 5.27. The normalized spacial score (nSPS) is 21.0. The van der Waals surface area contributed by atoms with Crippen LogP contribution in [0, 0.1) is 0 Å². The van der Waals surface area contributed by atoms with E-state index in [0.29, 0.717) is 0 Å². The Morgan fingerprint density at radius 1 is 0.875 bits per heavy atom. The van der Waals surface area contributed by atoms with Gasteiger partial charge in [-0.2, -0.15) is 0 Å². The number of ether oxygens (including phenoxy) is 2. The summed E-state index contributed by atoms with van der Waals surface area (Å²) in [6.45, 7) is 14.7. The third-order valence-corrected chi connectivity index (χ3v) is 5.02. The zero-order chi connectivity index (χ0) is 16.6. The quantitative estimate of drug-likeness (QED) is 0.755. The maximum Gasteiger partial charge on any atom is 0.119 e. The largest absolute Gasteiger partial charge is 0.492 e. The molecular weight excluding hydrogens is 302 g/mol. The molecule has 2 heterocycles. The van der Waals surface area contributed by atoms with Crippen LogP contribution in [0.2, 0.25) is 0 Å². The lowest BCUT2D eigenvalue weighted by molar-refractivity contribution is 0.0342. The number of hydrogen-bond donors (Lipinski definition) is 0. The topological polar surface area (TPSA) is 28.2 Å². The van der Waals surface area contributed by atoms with E-state index in [1.54, 1.807) is 0 Å². The maximum atomic E-state index is 5.92. The number of benzene rings is 1. The molecule has 24 heavy (non-hydrogen) atoms. The SMILES string of the molecule is CCN1CCN(CCOc2ccc(CN3CCOCC3)cc2)CC1. The van der Waals surface area contributed by atoms with Gasteiger partial charge in [-0.15, -0.1) is 0 Å². The Morgan fingerprint density at radius 3 is 2.21 bits per heavy atom. The molecule has 0 aliphatic carbocycles. The van der Waals surface area contributed by atoms with Gasteiger partial charge in [-0.05, 0) is 24.2 Å². The van der Waals surface area contributed by atoms with Crippen LogP contribution in [-0.2, 0) is 11.3 Å². The minimum Gasteiger partial charge on any atom is -0.492 e. The summed E-state index contributed by atoms with van der Waals surface area (Å²) in [5, 5.41) is 0. The lowest BCUT2D eigenvalue weighted by atomic mass is 10.2. The minimum atomic E-state index is 0.773. The first kappa shape index (κ1) is 17.7. The molecule has 0 N–H and O–H groups in total. The van der Waals surface area contributed by atoms with Crippen LogP contribution >= 0.6 is 0 Å². The summed E-state index contributed by atoms with van der Waals surface area (Å²) in [6.07, 6.45) is 0. The van der Waals surface area contributed by atoms with Crippen LogP contribution < -0.4 is 4.74 Å². The number of nitrogens with zero attached hydrogens (tertiary/aromatic N) is 3. The second-order valence-corrected chi connectivity index (χ2v) is 6.66. The molecule has 0 atom stereocenters. The number of morpholine rings is 1. The van der Waals surface area contributed by atoms with Crippen molar-refractivity contribution in [1.82, 2.24) is 14.7 Å². The number of piperazine rings is 1. The Bertz CT molecular complexity index is 466. The van der Waals surface area contributed by atoms with Gasteiger partial charge in [-0.3, -0.25) is 9.80 Å². The van der Waals surface area contributed by atoms with E-state index in [4.69, 9.17) is 9.47 Å². The molecule has 3 rings (SSSR count). The third-order valence-electron chi connectivity index (χ3n) is 5.02. The van der Waals surface area contributed by atoms with Crippen LogP contribution in [0.1, 0.15) is 12.5 Å². The molecule has 0 unspecified atom stereocenters. The zero-order valence-corrected chi connectivity index (χ0v) is 15.0. The molecule has 0 saturated carbocycles. The molecule has 1 aromatic carbocycles. The van der Waals surface area contributed by atoms with Crippen molar-refractivity contribution < 1.29 is 9.47 Å². The van der Waals surface area contributed by atoms with Crippen molar-refractivity contribution in [2.24, 2.45) is 0 Å². The summed E-state index contributed by atoms with van der Waals surface area (Å²) in [5.74, 6) is 0.980. The van der Waals surface area contributed by atoms with E-state index in [9.17, 15) is 0 Å². The van der Waals surface area contributed by atoms with Gasteiger partial charge < -0.3 is 14.4 Å². The van der Waals surface area contributed by atoms with Gasteiger partial charge in [0.1, 0.15) is 12.4 Å². The van der Waals surface area contributed by atoms with Crippen LogP contribution in [0.4, 0.5) is 0 Å². The van der Waals surface area contributed by atoms with E-state index >= 15 is 0 Å². The van der Waals surface area contributed by atoms with Gasteiger partial charge in [0.05, 0.1) is 13.2 Å². The van der Waals surface area contributed by atoms with E-state index < -0.39 is 0 Å². The smallest absolute Gasteiger partial charge is 0.119 e. The van der Waals surface area contributed by atoms with Crippen molar-refractivity contribution in [1.29, 1.82) is 0 Å². The Kier molecular flexibility index (Phi) is 6.90. The van der Waals surface area contributed by atoms with Gasteiger partial charge in [-0.25, -0.2) is 0 Å². The van der Waals surface area contributed by atoms with Crippen molar-refractivity contribution in [3.05, 3.63) is 29.8 Å². The van der Waals surface area contributed by atoms with E-state index in [2.05, 4.69) is 45.9 Å². The molecule has 5 nitrogen and oxygen atoms in total. The summed E-state index contributed by atoms with van der Waals surface area (Å²) in [6, 6.07) is 8.57. The predicted octanol–water partition coefficient (Wildman–Crippen LogP) is 1.54. The highest BCUT2D eigenvalue weighted by Crippen LogP contribution is 2.14. The van der Waals surface area contributed by atoms with Gasteiger partial charge in [0, 0.05) is 52.4 Å². The summed E-state index contributed by atoms with van der Waals surface area (Å²) in [7, 11) is 0. The van der Waals surface area contributed by atoms with Gasteiger partial charge in [0.25, 0.3) is 0 Å². The first-order chi connectivity index (χ1) is 11.8. The van der Waals surface area contributed by atoms with Crippen molar-refractivity contribution in [2.75, 3.05) is 72.2 Å². The lowest BCUT2D eigenvalue weighted by Gasteiger charge is -2.33. The molecule has 0 amide bonds. The first-order valence-electron chi connectivity index (χ1n) is 9.30. The molecular formula is C19H31N3O2. The van der Waals surface area contributed by atoms with Crippen molar-refractivity contribution in [2.45, 2.75) is 13.5 Å². The second-order valence-electron chi connectivity index (χ2n) is 6.66. The predicted molar refractivity (Wildman–Crippen MR) is 96.6 cm³/mol.